The zero-order valence-corrected chi connectivity index (χ0v) is 58.2. The van der Waals surface area contributed by atoms with Gasteiger partial charge in [-0.05, 0) is 126 Å². The van der Waals surface area contributed by atoms with Gasteiger partial charge in [0, 0.05) is 19.1 Å². The molecule has 0 radical (unpaired) electrons. The van der Waals surface area contributed by atoms with E-state index in [0.29, 0.717) is 59.3 Å². The summed E-state index contributed by atoms with van der Waals surface area (Å²) in [5, 5.41) is 9.11. The molecule has 0 aliphatic heterocycles. The average Bonchev–Trinajstić information content (AvgIpc) is 3.23. The molecule has 3 aromatic rings. The van der Waals surface area contributed by atoms with E-state index in [2.05, 4.69) is 99.0 Å². The van der Waals surface area contributed by atoms with Crippen molar-refractivity contribution in [2.75, 3.05) is 33.0 Å². The summed E-state index contributed by atoms with van der Waals surface area (Å²) in [7, 11) is -3.53. The van der Waals surface area contributed by atoms with Crippen LogP contribution >= 0.6 is 0 Å². The van der Waals surface area contributed by atoms with Crippen LogP contribution in [-0.2, 0) is 35.2 Å². The SMILES string of the molecule is C.CC(C)C[C@H](NC(=O)[C@@H](C)Cc1ccccc1)C(=O)NCC(=O)NC(C)(c1ccc(OCCCCCCCCCCCO[Si](C(C)C)(C(C)C)C(C)C)cc1)c1ccc(OCCCCCCCCCCCO[Si](C(C)C)(C(C)C)C(C)C)cc1. The number of ether oxygens (including phenoxy) is 2. The molecule has 3 rings (SSSR count). The highest BCUT2D eigenvalue weighted by molar-refractivity contribution is 6.78. The Morgan fingerprint density at radius 2 is 0.788 bits per heavy atom. The summed E-state index contributed by atoms with van der Waals surface area (Å²) in [5.74, 6) is 0.472. The van der Waals surface area contributed by atoms with E-state index >= 15 is 0 Å². The molecule has 12 heteroatoms. The van der Waals surface area contributed by atoms with Gasteiger partial charge in [0.05, 0.1) is 25.3 Å². The van der Waals surface area contributed by atoms with Crippen molar-refractivity contribution in [1.29, 1.82) is 0 Å². The number of amides is 3. The fraction of sp³-hybridized carbons (Fsp3) is 0.712. The van der Waals surface area contributed by atoms with Crippen LogP contribution in [0, 0.1) is 11.8 Å². The zero-order chi connectivity index (χ0) is 62.1. The molecule has 85 heavy (non-hydrogen) atoms. The number of hydrogen-bond acceptors (Lipinski definition) is 7. The molecular formula is C73H127N3O7Si2. The highest BCUT2D eigenvalue weighted by Crippen LogP contribution is 2.44. The minimum Gasteiger partial charge on any atom is -0.494 e. The lowest BCUT2D eigenvalue weighted by atomic mass is 9.84. The number of carbonyl (C=O) groups excluding carboxylic acids is 3. The number of carbonyl (C=O) groups is 3. The third-order valence-corrected chi connectivity index (χ3v) is 30.3. The predicted molar refractivity (Wildman–Crippen MR) is 366 cm³/mol. The van der Waals surface area contributed by atoms with Crippen LogP contribution in [0.2, 0.25) is 33.2 Å². The van der Waals surface area contributed by atoms with Gasteiger partial charge >= 0.3 is 0 Å². The minimum absolute atomic E-state index is 0. The zero-order valence-electron chi connectivity index (χ0n) is 56.2. The van der Waals surface area contributed by atoms with Gasteiger partial charge in [-0.15, -0.1) is 0 Å². The Morgan fingerprint density at radius 3 is 1.13 bits per heavy atom. The predicted octanol–water partition coefficient (Wildman–Crippen LogP) is 19.4. The standard InChI is InChI=1S/C72H123N3O7Si2.CH4/c1-55(2)52-68(74-70(77)62(15)53-63-38-32-31-33-39-63)71(78)73-54-69(76)75-72(16,64-40-44-66(45-41-64)79-48-34-27-23-19-17-21-25-29-36-50-81-83(56(3)4,57(5)6)58(7)8)65-42-46-67(47-43-65)80-49-35-28-24-20-18-22-26-30-37-51-82-84(59(9)10,60(11)12)61(13)14;/h31-33,38-47,55-62,68H,17-30,34-37,48-54H2,1-16H3,(H,73,78)(H,74,77)(H,75,76);1H4/t62-,68-;/m0./s1. The second kappa shape index (κ2) is 41.3. The summed E-state index contributed by atoms with van der Waals surface area (Å²) < 4.78 is 26.0. The topological polar surface area (TPSA) is 124 Å². The third-order valence-electron chi connectivity index (χ3n) is 18.1. The Labute approximate surface area is 523 Å². The lowest BCUT2D eigenvalue weighted by Crippen LogP contribution is -2.52. The van der Waals surface area contributed by atoms with Crippen LogP contribution in [0.5, 0.6) is 11.5 Å². The van der Waals surface area contributed by atoms with Crippen LogP contribution in [0.15, 0.2) is 78.9 Å². The smallest absolute Gasteiger partial charge is 0.243 e. The van der Waals surface area contributed by atoms with E-state index in [1.54, 1.807) is 0 Å². The van der Waals surface area contributed by atoms with E-state index < -0.39 is 28.2 Å². The van der Waals surface area contributed by atoms with Crippen LogP contribution in [0.1, 0.15) is 257 Å². The summed E-state index contributed by atoms with van der Waals surface area (Å²) in [6.45, 7) is 39.2. The van der Waals surface area contributed by atoms with Gasteiger partial charge in [-0.3, -0.25) is 14.4 Å². The first-order valence-corrected chi connectivity index (χ1v) is 38.0. The van der Waals surface area contributed by atoms with Gasteiger partial charge in [-0.1, -0.05) is 256 Å². The molecule has 3 amide bonds. The van der Waals surface area contributed by atoms with Crippen LogP contribution in [0.3, 0.4) is 0 Å². The molecule has 0 spiro atoms. The van der Waals surface area contributed by atoms with Gasteiger partial charge < -0.3 is 34.3 Å². The Hall–Kier alpha value is -3.98. The van der Waals surface area contributed by atoms with Crippen LogP contribution in [-0.4, -0.2) is 73.4 Å². The largest absolute Gasteiger partial charge is 0.494 e. The molecule has 2 atom stereocenters. The first kappa shape index (κ1) is 77.1. The van der Waals surface area contributed by atoms with E-state index in [0.717, 1.165) is 67.1 Å². The number of nitrogens with one attached hydrogen (secondary N) is 3. The van der Waals surface area contributed by atoms with E-state index in [9.17, 15) is 14.4 Å². The van der Waals surface area contributed by atoms with E-state index in [1.165, 1.54) is 89.9 Å². The van der Waals surface area contributed by atoms with Gasteiger partial charge in [0.15, 0.2) is 16.6 Å². The molecule has 0 aromatic heterocycles. The second-order valence-corrected chi connectivity index (χ2v) is 38.0. The monoisotopic (exact) mass is 1210 g/mol. The van der Waals surface area contributed by atoms with Gasteiger partial charge in [-0.25, -0.2) is 0 Å². The van der Waals surface area contributed by atoms with Crippen LogP contribution in [0.25, 0.3) is 0 Å². The van der Waals surface area contributed by atoms with E-state index in [-0.39, 0.29) is 43.5 Å². The summed E-state index contributed by atoms with van der Waals surface area (Å²) in [5.41, 5.74) is 5.69. The molecule has 0 saturated carbocycles. The van der Waals surface area contributed by atoms with Crippen molar-refractivity contribution >= 4 is 34.4 Å². The number of hydrogen-bond donors (Lipinski definition) is 3. The van der Waals surface area contributed by atoms with E-state index in [4.69, 9.17) is 18.3 Å². The molecule has 3 aromatic carbocycles. The molecule has 0 bridgehead atoms. The minimum atomic E-state index is -1.77. The fourth-order valence-corrected chi connectivity index (χ4v) is 24.5. The quantitative estimate of drug-likeness (QED) is 0.0380. The fourth-order valence-electron chi connectivity index (χ4n) is 13.5. The maximum absolute atomic E-state index is 14.0. The summed E-state index contributed by atoms with van der Waals surface area (Å²) >= 11 is 0. The van der Waals surface area contributed by atoms with Gasteiger partial charge in [-0.2, -0.15) is 0 Å². The molecule has 484 valence electrons. The van der Waals surface area contributed by atoms with Gasteiger partial charge in [0.1, 0.15) is 17.5 Å². The molecule has 0 heterocycles. The van der Waals surface area contributed by atoms with Crippen molar-refractivity contribution in [3.05, 3.63) is 95.6 Å². The van der Waals surface area contributed by atoms with Gasteiger partial charge in [0.25, 0.3) is 0 Å². The maximum Gasteiger partial charge on any atom is 0.243 e. The van der Waals surface area contributed by atoms with Crippen LogP contribution in [0.4, 0.5) is 0 Å². The van der Waals surface area contributed by atoms with Crippen molar-refractivity contribution in [2.24, 2.45) is 11.8 Å². The molecule has 0 aliphatic rings. The lowest BCUT2D eigenvalue weighted by molar-refractivity contribution is -0.132. The Kier molecular flexibility index (Phi) is 37.5. The number of benzene rings is 3. The Balaban J connectivity index is 0.0000247. The molecule has 0 aliphatic carbocycles. The van der Waals surface area contributed by atoms with Crippen molar-refractivity contribution in [3.63, 3.8) is 0 Å². The molecule has 10 nitrogen and oxygen atoms in total. The van der Waals surface area contributed by atoms with Crippen molar-refractivity contribution in [1.82, 2.24) is 16.0 Å². The van der Waals surface area contributed by atoms with Gasteiger partial charge in [0.2, 0.25) is 17.7 Å². The van der Waals surface area contributed by atoms with E-state index in [1.807, 2.05) is 107 Å². The van der Waals surface area contributed by atoms with Crippen LogP contribution < -0.4 is 25.4 Å². The molecular weight excluding hydrogens is 1090 g/mol. The molecule has 0 saturated heterocycles. The number of rotatable bonds is 46. The summed E-state index contributed by atoms with van der Waals surface area (Å²) in [6.07, 6.45) is 22.8. The summed E-state index contributed by atoms with van der Waals surface area (Å²) in [4.78, 5) is 41.1. The Morgan fingerprint density at radius 1 is 0.447 bits per heavy atom. The Bertz CT molecular complexity index is 2090. The van der Waals surface area contributed by atoms with Crippen molar-refractivity contribution in [2.45, 2.75) is 291 Å². The molecule has 0 unspecified atom stereocenters. The second-order valence-electron chi connectivity index (χ2n) is 27.1. The normalized spacial score (nSPS) is 13.0. The van der Waals surface area contributed by atoms with Crippen molar-refractivity contribution in [3.8, 4) is 11.5 Å². The number of unbranched alkanes of at least 4 members (excludes halogenated alkanes) is 16. The molecule has 3 N–H and O–H groups in total. The highest BCUT2D eigenvalue weighted by atomic mass is 28.4. The highest BCUT2D eigenvalue weighted by Gasteiger charge is 2.46. The first-order chi connectivity index (χ1) is 40.0. The third kappa shape index (κ3) is 26.3. The first-order valence-electron chi connectivity index (χ1n) is 33.7. The van der Waals surface area contributed by atoms with Crippen molar-refractivity contribution < 1.29 is 32.7 Å². The summed E-state index contributed by atoms with van der Waals surface area (Å²) in [6, 6.07) is 25.1. The maximum atomic E-state index is 14.0. The molecule has 0 fully saturated rings. The lowest BCUT2D eigenvalue weighted by Gasteiger charge is -2.42. The average molecular weight is 1220 g/mol.